The second-order valence-corrected chi connectivity index (χ2v) is 12.9. The van der Waals surface area contributed by atoms with Gasteiger partial charge in [-0.25, -0.2) is 0 Å². The van der Waals surface area contributed by atoms with Crippen LogP contribution in [0.4, 0.5) is 5.69 Å². The standard InChI is InChI=1S/C34H40Cl2N4O2/c1-23-16-24(2)18-27(17-23)33(42)38(3)21-26(25-8-9-29(35)30(36)19-25)10-13-39-14-11-34(12-15-39)22-40(32(41)20-37)31-7-5-4-6-28(31)34/h4-9,16-19,26H,10-15,20-22,37H2,1-3H3/t26-/m1/s1. The quantitative estimate of drug-likeness (QED) is 0.332. The predicted molar refractivity (Wildman–Crippen MR) is 172 cm³/mol. The topological polar surface area (TPSA) is 69.9 Å². The maximum atomic E-state index is 13.4. The van der Waals surface area contributed by atoms with Gasteiger partial charge >= 0.3 is 0 Å². The van der Waals surface area contributed by atoms with Gasteiger partial charge in [0.25, 0.3) is 5.91 Å². The molecule has 1 fully saturated rings. The van der Waals surface area contributed by atoms with Gasteiger partial charge in [-0.3, -0.25) is 9.59 Å². The van der Waals surface area contributed by atoms with Crippen molar-refractivity contribution < 1.29 is 9.59 Å². The average Bonchev–Trinajstić information content (AvgIpc) is 3.30. The van der Waals surface area contributed by atoms with Crippen molar-refractivity contribution in [2.45, 2.75) is 44.4 Å². The van der Waals surface area contributed by atoms with Crippen LogP contribution in [0.15, 0.2) is 60.7 Å². The molecule has 0 bridgehead atoms. The smallest absolute Gasteiger partial charge is 0.253 e. The summed E-state index contributed by atoms with van der Waals surface area (Å²) < 4.78 is 0. The Bertz CT molecular complexity index is 1450. The molecule has 3 aromatic carbocycles. The number of hydrogen-bond donors (Lipinski definition) is 1. The van der Waals surface area contributed by atoms with E-state index in [1.165, 1.54) is 5.56 Å². The number of carbonyl (C=O) groups excluding carboxylic acids is 2. The van der Waals surface area contributed by atoms with Crippen LogP contribution in [0.5, 0.6) is 0 Å². The summed E-state index contributed by atoms with van der Waals surface area (Å²) >= 11 is 12.7. The van der Waals surface area contributed by atoms with Gasteiger partial charge in [-0.2, -0.15) is 0 Å². The van der Waals surface area contributed by atoms with Crippen molar-refractivity contribution in [1.29, 1.82) is 0 Å². The van der Waals surface area contributed by atoms with Crippen LogP contribution in [0.2, 0.25) is 10.0 Å². The molecule has 0 radical (unpaired) electrons. The fraction of sp³-hybridized carbons (Fsp3) is 0.412. The van der Waals surface area contributed by atoms with E-state index < -0.39 is 0 Å². The molecule has 2 amide bonds. The van der Waals surface area contributed by atoms with Crippen molar-refractivity contribution in [2.24, 2.45) is 5.73 Å². The number of benzene rings is 3. The minimum atomic E-state index is -0.0282. The Labute approximate surface area is 259 Å². The summed E-state index contributed by atoms with van der Waals surface area (Å²) in [6.07, 6.45) is 2.85. The van der Waals surface area contributed by atoms with Crippen LogP contribution in [0.3, 0.4) is 0 Å². The van der Waals surface area contributed by atoms with Crippen LogP contribution in [-0.2, 0) is 10.2 Å². The van der Waals surface area contributed by atoms with Crippen molar-refractivity contribution >= 4 is 40.7 Å². The summed E-state index contributed by atoms with van der Waals surface area (Å²) in [6.45, 7) is 8.13. The summed E-state index contributed by atoms with van der Waals surface area (Å²) in [4.78, 5) is 32.3. The highest BCUT2D eigenvalue weighted by Gasteiger charge is 2.45. The molecule has 6 nitrogen and oxygen atoms in total. The third kappa shape index (κ3) is 6.37. The lowest BCUT2D eigenvalue weighted by molar-refractivity contribution is -0.117. The molecule has 42 heavy (non-hydrogen) atoms. The molecule has 8 heteroatoms. The molecule has 3 aromatic rings. The number of halogens is 2. The Kier molecular flexibility index (Phi) is 9.28. The van der Waals surface area contributed by atoms with Gasteiger partial charge in [0.1, 0.15) is 0 Å². The average molecular weight is 608 g/mol. The number of hydrogen-bond acceptors (Lipinski definition) is 4. The monoisotopic (exact) mass is 606 g/mol. The molecule has 2 heterocycles. The number of rotatable bonds is 8. The second-order valence-electron chi connectivity index (χ2n) is 12.0. The van der Waals surface area contributed by atoms with Crippen molar-refractivity contribution in [2.75, 3.05) is 51.2 Å². The number of likely N-dealkylation sites (tertiary alicyclic amines) is 1. The number of para-hydroxylation sites is 1. The number of aryl methyl sites for hydroxylation is 2. The lowest BCUT2D eigenvalue weighted by Gasteiger charge is -2.40. The number of nitrogens with two attached hydrogens (primary N) is 1. The molecule has 2 N–H and O–H groups in total. The van der Waals surface area contributed by atoms with Gasteiger partial charge < -0.3 is 20.4 Å². The zero-order valence-corrected chi connectivity index (χ0v) is 26.2. The molecular weight excluding hydrogens is 567 g/mol. The zero-order chi connectivity index (χ0) is 30.0. The maximum absolute atomic E-state index is 13.4. The van der Waals surface area contributed by atoms with Crippen molar-refractivity contribution in [3.63, 3.8) is 0 Å². The lowest BCUT2D eigenvalue weighted by Crippen LogP contribution is -2.47. The molecule has 222 valence electrons. The molecule has 1 saturated heterocycles. The van der Waals surface area contributed by atoms with Gasteiger partial charge in [0, 0.05) is 42.7 Å². The maximum Gasteiger partial charge on any atom is 0.253 e. The van der Waals surface area contributed by atoms with E-state index >= 15 is 0 Å². The lowest BCUT2D eigenvalue weighted by atomic mass is 9.74. The van der Waals surface area contributed by atoms with Crippen LogP contribution in [0.25, 0.3) is 0 Å². The highest BCUT2D eigenvalue weighted by atomic mass is 35.5. The molecule has 5 rings (SSSR count). The second kappa shape index (κ2) is 12.8. The summed E-state index contributed by atoms with van der Waals surface area (Å²) in [7, 11) is 1.88. The minimum Gasteiger partial charge on any atom is -0.341 e. The number of amides is 2. The highest BCUT2D eigenvalue weighted by Crippen LogP contribution is 2.47. The summed E-state index contributed by atoms with van der Waals surface area (Å²) in [5.41, 5.74) is 11.9. The fourth-order valence-electron chi connectivity index (χ4n) is 6.80. The van der Waals surface area contributed by atoms with E-state index in [0.29, 0.717) is 28.7 Å². The Morgan fingerprint density at radius 1 is 0.976 bits per heavy atom. The molecule has 0 aromatic heterocycles. The first-order valence-corrected chi connectivity index (χ1v) is 15.5. The molecule has 0 unspecified atom stereocenters. The van der Waals surface area contributed by atoms with Crippen LogP contribution in [-0.4, -0.2) is 67.9 Å². The number of fused-ring (bicyclic) bond motifs is 2. The first kappa shape index (κ1) is 30.6. The number of nitrogens with zero attached hydrogens (tertiary/aromatic N) is 3. The molecular formula is C34H40Cl2N4O2. The van der Waals surface area contributed by atoms with Gasteiger partial charge in [-0.15, -0.1) is 0 Å². The van der Waals surface area contributed by atoms with Gasteiger partial charge in [0.15, 0.2) is 0 Å². The van der Waals surface area contributed by atoms with Crippen molar-refractivity contribution in [1.82, 2.24) is 9.80 Å². The number of likely N-dealkylation sites (N-methyl/N-ethyl adjacent to an activating group) is 1. The van der Waals surface area contributed by atoms with E-state index in [-0.39, 0.29) is 29.7 Å². The third-order valence-corrected chi connectivity index (χ3v) is 9.77. The largest absolute Gasteiger partial charge is 0.341 e. The molecule has 2 aliphatic rings. The number of carbonyl (C=O) groups is 2. The number of anilines is 1. The van der Waals surface area contributed by atoms with E-state index in [2.05, 4.69) is 23.1 Å². The van der Waals surface area contributed by atoms with Gasteiger partial charge in [-0.05, 0) is 94.2 Å². The first-order chi connectivity index (χ1) is 20.1. The van der Waals surface area contributed by atoms with E-state index in [9.17, 15) is 9.59 Å². The normalized spacial score (nSPS) is 16.9. The van der Waals surface area contributed by atoms with E-state index in [1.807, 2.05) is 73.2 Å². The number of piperidine rings is 1. The third-order valence-electron chi connectivity index (χ3n) is 9.03. The molecule has 2 aliphatic heterocycles. The first-order valence-electron chi connectivity index (χ1n) is 14.7. The van der Waals surface area contributed by atoms with Crippen LogP contribution in [0.1, 0.15) is 57.8 Å². The van der Waals surface area contributed by atoms with Gasteiger partial charge in [0.2, 0.25) is 5.91 Å². The van der Waals surface area contributed by atoms with Gasteiger partial charge in [0.05, 0.1) is 16.6 Å². The Morgan fingerprint density at radius 2 is 1.67 bits per heavy atom. The molecule has 0 aliphatic carbocycles. The van der Waals surface area contributed by atoms with Crippen molar-refractivity contribution in [3.8, 4) is 0 Å². The summed E-state index contributed by atoms with van der Waals surface area (Å²) in [5, 5.41) is 1.05. The Balaban J connectivity index is 1.28. The minimum absolute atomic E-state index is 0.0169. The Hall–Kier alpha value is -2.90. The van der Waals surface area contributed by atoms with E-state index in [1.54, 1.807) is 0 Å². The van der Waals surface area contributed by atoms with Gasteiger partial charge in [-0.1, -0.05) is 64.7 Å². The zero-order valence-electron chi connectivity index (χ0n) is 24.7. The van der Waals surface area contributed by atoms with Crippen LogP contribution >= 0.6 is 23.2 Å². The molecule has 1 spiro atoms. The molecule has 1 atom stereocenters. The van der Waals surface area contributed by atoms with E-state index in [4.69, 9.17) is 28.9 Å². The van der Waals surface area contributed by atoms with E-state index in [0.717, 1.165) is 61.3 Å². The predicted octanol–water partition coefficient (Wildman–Crippen LogP) is 6.20. The van der Waals surface area contributed by atoms with Crippen molar-refractivity contribution in [3.05, 3.63) is 98.5 Å². The van der Waals surface area contributed by atoms with Crippen LogP contribution in [0, 0.1) is 13.8 Å². The summed E-state index contributed by atoms with van der Waals surface area (Å²) in [6, 6.07) is 20.1. The SMILES string of the molecule is Cc1cc(C)cc(C(=O)N(C)C[C@@H](CCN2CCC3(CC2)CN(C(=O)CN)c2ccccc23)c2ccc(Cl)c(Cl)c2)c1. The molecule has 0 saturated carbocycles. The van der Waals surface area contributed by atoms with Crippen LogP contribution < -0.4 is 10.6 Å². The highest BCUT2D eigenvalue weighted by molar-refractivity contribution is 6.42. The Morgan fingerprint density at radius 3 is 2.33 bits per heavy atom. The summed E-state index contributed by atoms with van der Waals surface area (Å²) in [5.74, 6) is 0.0920. The fourth-order valence-corrected chi connectivity index (χ4v) is 7.10.